The van der Waals surface area contributed by atoms with E-state index in [4.69, 9.17) is 0 Å². The maximum atomic E-state index is 13.1. The lowest BCUT2D eigenvalue weighted by atomic mass is 10.1. The van der Waals surface area contributed by atoms with Crippen molar-refractivity contribution in [3.05, 3.63) is 22.2 Å². The molecule has 0 bridgehead atoms. The van der Waals surface area contributed by atoms with Gasteiger partial charge in [-0.15, -0.1) is 0 Å². The first kappa shape index (κ1) is 17.9. The highest BCUT2D eigenvalue weighted by Gasteiger charge is 2.34. The maximum absolute atomic E-state index is 13.1. The lowest BCUT2D eigenvalue weighted by molar-refractivity contribution is -0.116. The van der Waals surface area contributed by atoms with Crippen LogP contribution in [0.5, 0.6) is 0 Å². The molecule has 2 aliphatic rings. The number of sulfonamides is 1. The number of carbonyl (C=O) groups excluding carboxylic acids is 1. The second-order valence-electron chi connectivity index (χ2n) is 6.67. The molecule has 5 nitrogen and oxygen atoms in total. The van der Waals surface area contributed by atoms with Crippen molar-refractivity contribution in [1.82, 2.24) is 4.31 Å². The van der Waals surface area contributed by atoms with Crippen LogP contribution in [0.25, 0.3) is 0 Å². The van der Waals surface area contributed by atoms with Crippen LogP contribution in [0.1, 0.15) is 45.1 Å². The number of fused-ring (bicyclic) bond motifs is 1. The van der Waals surface area contributed by atoms with Gasteiger partial charge in [0.1, 0.15) is 0 Å². The summed E-state index contributed by atoms with van der Waals surface area (Å²) in [6.07, 6.45) is 4.70. The zero-order chi connectivity index (χ0) is 17.5. The van der Waals surface area contributed by atoms with Crippen molar-refractivity contribution in [2.45, 2.75) is 56.9 Å². The molecule has 0 aliphatic carbocycles. The van der Waals surface area contributed by atoms with Crippen LogP contribution in [0.4, 0.5) is 5.69 Å². The third-order valence-corrected chi connectivity index (χ3v) is 7.73. The summed E-state index contributed by atoms with van der Waals surface area (Å²) in [5.41, 5.74) is 1.74. The molecule has 3 rings (SSSR count). The quantitative estimate of drug-likeness (QED) is 0.745. The molecule has 1 fully saturated rings. The van der Waals surface area contributed by atoms with Crippen molar-refractivity contribution >= 4 is 37.5 Å². The Balaban J connectivity index is 2.04. The summed E-state index contributed by atoms with van der Waals surface area (Å²) in [7, 11) is -3.56. The minimum Gasteiger partial charge on any atom is -0.309 e. The number of amides is 1. The number of carbonyl (C=O) groups is 1. The average molecular weight is 415 g/mol. The first-order valence-electron chi connectivity index (χ1n) is 8.44. The lowest BCUT2D eigenvalue weighted by Gasteiger charge is -2.23. The number of rotatable bonds is 2. The predicted octanol–water partition coefficient (Wildman–Crippen LogP) is 3.31. The van der Waals surface area contributed by atoms with E-state index >= 15 is 0 Å². The molecule has 1 saturated heterocycles. The zero-order valence-electron chi connectivity index (χ0n) is 14.1. The monoisotopic (exact) mass is 414 g/mol. The van der Waals surface area contributed by atoms with Crippen LogP contribution in [0, 0.1) is 0 Å². The Morgan fingerprint density at radius 2 is 1.79 bits per heavy atom. The minimum atomic E-state index is -3.56. The minimum absolute atomic E-state index is 0.0540. The van der Waals surface area contributed by atoms with Gasteiger partial charge in [-0.2, -0.15) is 4.31 Å². The fourth-order valence-electron chi connectivity index (χ4n) is 3.72. The highest BCUT2D eigenvalue weighted by atomic mass is 79.9. The van der Waals surface area contributed by atoms with Gasteiger partial charge in [0.2, 0.25) is 15.9 Å². The Morgan fingerprint density at radius 3 is 2.38 bits per heavy atom. The van der Waals surface area contributed by atoms with Crippen molar-refractivity contribution < 1.29 is 13.2 Å². The van der Waals surface area contributed by atoms with E-state index in [0.717, 1.165) is 43.4 Å². The largest absolute Gasteiger partial charge is 0.309 e. The van der Waals surface area contributed by atoms with Gasteiger partial charge in [0.05, 0.1) is 4.90 Å². The summed E-state index contributed by atoms with van der Waals surface area (Å²) in [5.74, 6) is -0.0540. The summed E-state index contributed by atoms with van der Waals surface area (Å²) in [6.45, 7) is 4.65. The van der Waals surface area contributed by atoms with Crippen LogP contribution in [-0.4, -0.2) is 37.8 Å². The molecule has 7 heteroatoms. The summed E-state index contributed by atoms with van der Waals surface area (Å²) in [4.78, 5) is 13.9. The molecular formula is C17H23BrN2O3S. The van der Waals surface area contributed by atoms with Gasteiger partial charge < -0.3 is 4.90 Å². The van der Waals surface area contributed by atoms with E-state index in [1.807, 2.05) is 13.0 Å². The Hall–Kier alpha value is -0.920. The molecule has 1 atom stereocenters. The smallest absolute Gasteiger partial charge is 0.244 e. The molecule has 0 radical (unpaired) electrons. The van der Waals surface area contributed by atoms with Crippen molar-refractivity contribution in [1.29, 1.82) is 0 Å². The van der Waals surface area contributed by atoms with Gasteiger partial charge in [-0.25, -0.2) is 8.42 Å². The van der Waals surface area contributed by atoms with Crippen LogP contribution >= 0.6 is 15.9 Å². The maximum Gasteiger partial charge on any atom is 0.244 e. The van der Waals surface area contributed by atoms with Crippen LogP contribution in [0.3, 0.4) is 0 Å². The Kier molecular flexibility index (Phi) is 5.04. The SMILES string of the molecule is CC(=O)N1c2cc(S(=O)(=O)N3CCCCCC3)c(Br)cc2CC1C. The number of nitrogens with zero attached hydrogens (tertiary/aromatic N) is 2. The van der Waals surface area contributed by atoms with Crippen molar-refractivity contribution in [2.75, 3.05) is 18.0 Å². The molecule has 0 spiro atoms. The Morgan fingerprint density at radius 1 is 1.17 bits per heavy atom. The highest BCUT2D eigenvalue weighted by molar-refractivity contribution is 9.10. The molecule has 0 N–H and O–H groups in total. The summed E-state index contributed by atoms with van der Waals surface area (Å²) < 4.78 is 28.4. The molecule has 1 aromatic rings. The normalized spacial score (nSPS) is 22.3. The fourth-order valence-corrected chi connectivity index (χ4v) is 6.30. The molecule has 0 aromatic heterocycles. The first-order valence-corrected chi connectivity index (χ1v) is 10.7. The summed E-state index contributed by atoms with van der Waals surface area (Å²) in [6, 6.07) is 3.59. The summed E-state index contributed by atoms with van der Waals surface area (Å²) in [5, 5.41) is 0. The number of halogens is 1. The number of anilines is 1. The van der Waals surface area contributed by atoms with Gasteiger partial charge in [-0.3, -0.25) is 4.79 Å². The van der Waals surface area contributed by atoms with Gasteiger partial charge >= 0.3 is 0 Å². The topological polar surface area (TPSA) is 57.7 Å². The van der Waals surface area contributed by atoms with E-state index in [9.17, 15) is 13.2 Å². The first-order chi connectivity index (χ1) is 11.3. The van der Waals surface area contributed by atoms with Crippen LogP contribution in [0.15, 0.2) is 21.5 Å². The average Bonchev–Trinajstić information content (AvgIpc) is 2.68. The third-order valence-electron chi connectivity index (χ3n) is 4.87. The Labute approximate surface area is 152 Å². The molecule has 1 amide bonds. The van der Waals surface area contributed by atoms with E-state index in [1.54, 1.807) is 15.3 Å². The second-order valence-corrected chi connectivity index (χ2v) is 9.43. The molecular weight excluding hydrogens is 392 g/mol. The van der Waals surface area contributed by atoms with Crippen molar-refractivity contribution in [3.8, 4) is 0 Å². The van der Waals surface area contributed by atoms with Crippen LogP contribution in [-0.2, 0) is 21.2 Å². The van der Waals surface area contributed by atoms with Crippen molar-refractivity contribution in [3.63, 3.8) is 0 Å². The van der Waals surface area contributed by atoms with Crippen LogP contribution < -0.4 is 4.90 Å². The van der Waals surface area contributed by atoms with Crippen LogP contribution in [0.2, 0.25) is 0 Å². The molecule has 1 aromatic carbocycles. The molecule has 2 aliphatic heterocycles. The molecule has 24 heavy (non-hydrogen) atoms. The van der Waals surface area contributed by atoms with E-state index in [1.165, 1.54) is 6.92 Å². The van der Waals surface area contributed by atoms with Crippen molar-refractivity contribution in [2.24, 2.45) is 0 Å². The van der Waals surface area contributed by atoms with Gasteiger partial charge in [0.15, 0.2) is 0 Å². The molecule has 132 valence electrons. The Bertz CT molecular complexity index is 755. The van der Waals surface area contributed by atoms with Gasteiger partial charge in [0.25, 0.3) is 0 Å². The lowest BCUT2D eigenvalue weighted by Crippen LogP contribution is -2.34. The van der Waals surface area contributed by atoms with E-state index < -0.39 is 10.0 Å². The predicted molar refractivity (Wildman–Crippen MR) is 97.7 cm³/mol. The standard InChI is InChI=1S/C17H23BrN2O3S/c1-12-9-14-10-15(18)17(11-16(14)20(12)13(2)21)24(22,23)19-7-5-3-4-6-8-19/h10-12H,3-9H2,1-2H3. The number of hydrogen-bond acceptors (Lipinski definition) is 3. The molecule has 0 saturated carbocycles. The summed E-state index contributed by atoms with van der Waals surface area (Å²) >= 11 is 3.44. The van der Waals surface area contributed by atoms with E-state index in [0.29, 0.717) is 17.6 Å². The van der Waals surface area contributed by atoms with E-state index in [-0.39, 0.29) is 16.8 Å². The van der Waals surface area contributed by atoms with Gasteiger partial charge in [-0.1, -0.05) is 12.8 Å². The fraction of sp³-hybridized carbons (Fsp3) is 0.588. The number of hydrogen-bond donors (Lipinski definition) is 0. The number of benzene rings is 1. The molecule has 2 heterocycles. The highest BCUT2D eigenvalue weighted by Crippen LogP contribution is 2.39. The zero-order valence-corrected chi connectivity index (χ0v) is 16.5. The third kappa shape index (κ3) is 3.13. The van der Waals surface area contributed by atoms with Gasteiger partial charge in [0, 0.05) is 36.2 Å². The molecule has 1 unspecified atom stereocenters. The second kappa shape index (κ2) is 6.77. The van der Waals surface area contributed by atoms with Gasteiger partial charge in [-0.05, 0) is 59.8 Å². The van der Waals surface area contributed by atoms with E-state index in [2.05, 4.69) is 15.9 Å².